The Kier molecular flexibility index (Phi) is 11.5. The largest absolute Gasteiger partial charge is 0.385 e. The van der Waals surface area contributed by atoms with E-state index in [9.17, 15) is 17.6 Å². The highest BCUT2D eigenvalue weighted by Crippen LogP contribution is 2.29. The van der Waals surface area contributed by atoms with E-state index in [1.165, 1.54) is 13.2 Å². The van der Waals surface area contributed by atoms with Crippen LogP contribution in [-0.2, 0) is 4.74 Å². The molecule has 0 aromatic heterocycles. The number of likely N-dealkylation sites (N-methyl/N-ethyl adjacent to an activating group) is 1. The summed E-state index contributed by atoms with van der Waals surface area (Å²) in [5, 5.41) is 2.38. The lowest BCUT2D eigenvalue weighted by molar-refractivity contribution is 0.197. The zero-order valence-corrected chi connectivity index (χ0v) is 15.5. The second-order valence-corrected chi connectivity index (χ2v) is 5.21. The Balaban J connectivity index is 0.00000576. The summed E-state index contributed by atoms with van der Waals surface area (Å²) in [5.41, 5.74) is -1.50. The van der Waals surface area contributed by atoms with Crippen LogP contribution in [0.25, 0.3) is 6.08 Å². The van der Waals surface area contributed by atoms with Gasteiger partial charge >= 0.3 is 0 Å². The van der Waals surface area contributed by atoms with Crippen LogP contribution in [0.2, 0.25) is 0 Å². The Hall–Kier alpha value is -1.31. The van der Waals surface area contributed by atoms with Crippen molar-refractivity contribution in [1.82, 2.24) is 4.90 Å². The summed E-state index contributed by atoms with van der Waals surface area (Å²) in [4.78, 5) is 1.99. The first-order valence-electron chi connectivity index (χ1n) is 7.95. The van der Waals surface area contributed by atoms with Crippen molar-refractivity contribution in [1.29, 1.82) is 0 Å². The van der Waals surface area contributed by atoms with E-state index in [1.807, 2.05) is 18.7 Å². The van der Waals surface area contributed by atoms with E-state index in [4.69, 9.17) is 4.74 Å². The Labute approximate surface area is 152 Å². The smallest absolute Gasteiger partial charge is 0.185 e. The second-order valence-electron chi connectivity index (χ2n) is 5.21. The molecule has 0 amide bonds. The lowest BCUT2D eigenvalue weighted by Gasteiger charge is -2.15. The molecule has 1 aromatic carbocycles. The van der Waals surface area contributed by atoms with Crippen molar-refractivity contribution in [2.75, 3.05) is 45.2 Å². The summed E-state index contributed by atoms with van der Waals surface area (Å²) in [6.07, 6.45) is 3.01. The number of hydrogen-bond acceptors (Lipinski definition) is 3. The quantitative estimate of drug-likeness (QED) is 0.366. The lowest BCUT2D eigenvalue weighted by Crippen LogP contribution is -2.22. The molecule has 1 aromatic rings. The van der Waals surface area contributed by atoms with Crippen molar-refractivity contribution < 1.29 is 22.3 Å². The Morgan fingerprint density at radius 2 is 1.56 bits per heavy atom. The number of halogens is 5. The van der Waals surface area contributed by atoms with Gasteiger partial charge in [0.05, 0.1) is 5.56 Å². The van der Waals surface area contributed by atoms with Gasteiger partial charge in [0.15, 0.2) is 23.3 Å². The average Bonchev–Trinajstić information content (AvgIpc) is 2.59. The van der Waals surface area contributed by atoms with Crippen molar-refractivity contribution in [2.45, 2.75) is 20.3 Å². The van der Waals surface area contributed by atoms with Gasteiger partial charge in [0.1, 0.15) is 5.69 Å². The van der Waals surface area contributed by atoms with Gasteiger partial charge in [-0.05, 0) is 19.5 Å². The summed E-state index contributed by atoms with van der Waals surface area (Å²) in [6.45, 7) is 6.36. The van der Waals surface area contributed by atoms with Crippen molar-refractivity contribution in [2.24, 2.45) is 0 Å². The van der Waals surface area contributed by atoms with Crippen LogP contribution >= 0.6 is 12.4 Å². The second kappa shape index (κ2) is 12.1. The number of benzene rings is 1. The van der Waals surface area contributed by atoms with Crippen LogP contribution in [0.15, 0.2) is 6.08 Å². The van der Waals surface area contributed by atoms with E-state index in [-0.39, 0.29) is 19.0 Å². The van der Waals surface area contributed by atoms with Crippen LogP contribution in [0, 0.1) is 23.3 Å². The zero-order valence-electron chi connectivity index (χ0n) is 14.7. The molecule has 1 rings (SSSR count). The summed E-state index contributed by atoms with van der Waals surface area (Å²) >= 11 is 0. The zero-order chi connectivity index (χ0) is 18.1. The fraction of sp³-hybridized carbons (Fsp3) is 0.529. The van der Waals surface area contributed by atoms with E-state index < -0.39 is 34.5 Å². The molecule has 0 bridgehead atoms. The molecule has 0 saturated carbocycles. The monoisotopic (exact) mass is 384 g/mol. The first-order valence-corrected chi connectivity index (χ1v) is 7.95. The molecule has 3 nitrogen and oxygen atoms in total. The third-order valence-electron chi connectivity index (χ3n) is 3.67. The number of ether oxygens (including phenoxy) is 1. The molecule has 144 valence electrons. The highest BCUT2D eigenvalue weighted by Gasteiger charge is 2.23. The molecule has 0 saturated heterocycles. The average molecular weight is 385 g/mol. The molecular weight excluding hydrogens is 360 g/mol. The third kappa shape index (κ3) is 6.49. The van der Waals surface area contributed by atoms with Gasteiger partial charge in [0, 0.05) is 26.8 Å². The number of nitrogens with one attached hydrogen (secondary N) is 1. The van der Waals surface area contributed by atoms with Gasteiger partial charge in [-0.25, -0.2) is 17.6 Å². The molecule has 0 radical (unpaired) electrons. The Bertz CT molecular complexity index is 537. The van der Waals surface area contributed by atoms with Crippen molar-refractivity contribution in [3.05, 3.63) is 34.9 Å². The fourth-order valence-electron chi connectivity index (χ4n) is 2.18. The molecule has 0 atom stereocenters. The molecule has 0 heterocycles. The van der Waals surface area contributed by atoms with Crippen LogP contribution in [0.4, 0.5) is 23.2 Å². The predicted octanol–water partition coefficient (Wildman–Crippen LogP) is 4.47. The van der Waals surface area contributed by atoms with Crippen LogP contribution in [-0.4, -0.2) is 44.8 Å². The minimum atomic E-state index is -1.42. The molecule has 8 heteroatoms. The standard InChI is InChI=1S/C17H24F4N2O.ClH/c1-4-23(5-2)10-6-8-12-13(18)15(20)17(16(21)14(12)19)22-9-7-11-24-3;/h6,8,22H,4-5,7,9-11H2,1-3H3;1H. The van der Waals surface area contributed by atoms with Crippen molar-refractivity contribution in [3.8, 4) is 0 Å². The van der Waals surface area contributed by atoms with Crippen LogP contribution in [0.1, 0.15) is 25.8 Å². The number of nitrogens with zero attached hydrogens (tertiary/aromatic N) is 1. The first-order chi connectivity index (χ1) is 11.5. The van der Waals surface area contributed by atoms with E-state index in [2.05, 4.69) is 5.32 Å². The van der Waals surface area contributed by atoms with Crippen LogP contribution < -0.4 is 5.32 Å². The molecule has 0 aliphatic carbocycles. The molecule has 0 fully saturated rings. The molecule has 0 unspecified atom stereocenters. The number of methoxy groups -OCH3 is 1. The lowest BCUT2D eigenvalue weighted by atomic mass is 10.1. The highest BCUT2D eigenvalue weighted by atomic mass is 35.5. The first kappa shape index (κ1) is 23.7. The maximum absolute atomic E-state index is 14.1. The molecular formula is C17H25ClF4N2O. The predicted molar refractivity (Wildman–Crippen MR) is 95.3 cm³/mol. The molecule has 25 heavy (non-hydrogen) atoms. The van der Waals surface area contributed by atoms with Gasteiger partial charge in [-0.15, -0.1) is 12.4 Å². The van der Waals surface area contributed by atoms with E-state index in [1.54, 1.807) is 0 Å². The topological polar surface area (TPSA) is 24.5 Å². The van der Waals surface area contributed by atoms with Gasteiger partial charge in [0.25, 0.3) is 0 Å². The maximum atomic E-state index is 14.1. The van der Waals surface area contributed by atoms with Gasteiger partial charge in [-0.1, -0.05) is 26.0 Å². The van der Waals surface area contributed by atoms with E-state index in [0.717, 1.165) is 19.2 Å². The molecule has 0 aliphatic rings. The van der Waals surface area contributed by atoms with Gasteiger partial charge in [-0.2, -0.15) is 0 Å². The van der Waals surface area contributed by atoms with Gasteiger partial charge in [0.2, 0.25) is 0 Å². The fourth-order valence-corrected chi connectivity index (χ4v) is 2.18. The summed E-state index contributed by atoms with van der Waals surface area (Å²) in [5.74, 6) is -5.65. The number of anilines is 1. The molecule has 0 aliphatic heterocycles. The third-order valence-corrected chi connectivity index (χ3v) is 3.67. The highest BCUT2D eigenvalue weighted by molar-refractivity contribution is 5.85. The summed E-state index contributed by atoms with van der Waals surface area (Å²) < 4.78 is 60.9. The van der Waals surface area contributed by atoms with Crippen LogP contribution in [0.3, 0.4) is 0 Å². The van der Waals surface area contributed by atoms with E-state index in [0.29, 0.717) is 19.6 Å². The summed E-state index contributed by atoms with van der Waals surface area (Å²) in [6, 6.07) is 0. The number of hydrogen-bond donors (Lipinski definition) is 1. The summed E-state index contributed by atoms with van der Waals surface area (Å²) in [7, 11) is 1.49. The van der Waals surface area contributed by atoms with Crippen molar-refractivity contribution in [3.63, 3.8) is 0 Å². The molecule has 1 N–H and O–H groups in total. The van der Waals surface area contributed by atoms with Gasteiger partial charge < -0.3 is 15.0 Å². The van der Waals surface area contributed by atoms with Gasteiger partial charge in [-0.3, -0.25) is 0 Å². The Morgan fingerprint density at radius 3 is 2.04 bits per heavy atom. The minimum absolute atomic E-state index is 0. The van der Waals surface area contributed by atoms with Crippen LogP contribution in [0.5, 0.6) is 0 Å². The van der Waals surface area contributed by atoms with E-state index >= 15 is 0 Å². The minimum Gasteiger partial charge on any atom is -0.385 e. The normalized spacial score (nSPS) is 11.2. The SMILES string of the molecule is CCN(CC)CC=Cc1c(F)c(F)c(NCCCOC)c(F)c1F.Cl. The Morgan fingerprint density at radius 1 is 1.00 bits per heavy atom. The van der Waals surface area contributed by atoms with Crippen molar-refractivity contribution >= 4 is 24.2 Å². The number of rotatable bonds is 10. The molecule has 0 spiro atoms. The maximum Gasteiger partial charge on any atom is 0.185 e.